The van der Waals surface area contributed by atoms with Crippen LogP contribution in [0.4, 0.5) is 23.7 Å². The van der Waals surface area contributed by atoms with Crippen molar-refractivity contribution in [2.45, 2.75) is 31.3 Å². The van der Waals surface area contributed by atoms with Crippen molar-refractivity contribution in [3.05, 3.63) is 58.1 Å². The molecule has 3 rings (SSSR count). The van der Waals surface area contributed by atoms with Crippen molar-refractivity contribution in [3.8, 4) is 0 Å². The number of nitrogens with zero attached hydrogens (tertiary/aromatic N) is 2. The zero-order valence-electron chi connectivity index (χ0n) is 15.9. The third-order valence-corrected chi connectivity index (χ3v) is 5.42. The molecule has 0 saturated carbocycles. The van der Waals surface area contributed by atoms with Crippen molar-refractivity contribution < 1.29 is 28.2 Å². The van der Waals surface area contributed by atoms with Gasteiger partial charge in [0.05, 0.1) is 17.3 Å². The van der Waals surface area contributed by atoms with Crippen LogP contribution >= 0.6 is 11.6 Å². The second-order valence-electron chi connectivity index (χ2n) is 7.12. The first-order valence-corrected chi connectivity index (χ1v) is 9.69. The van der Waals surface area contributed by atoms with E-state index >= 15 is 4.39 Å². The lowest BCUT2D eigenvalue weighted by atomic mass is 9.89. The van der Waals surface area contributed by atoms with Gasteiger partial charge in [0.15, 0.2) is 5.67 Å². The Balaban J connectivity index is 1.65. The number of nitrogens with one attached hydrogen (secondary N) is 1. The fourth-order valence-electron chi connectivity index (χ4n) is 3.31. The van der Waals surface area contributed by atoms with Gasteiger partial charge in [0.2, 0.25) is 0 Å². The summed E-state index contributed by atoms with van der Waals surface area (Å²) in [6.07, 6.45) is 0.000879. The van der Waals surface area contributed by atoms with Crippen LogP contribution in [0.25, 0.3) is 0 Å². The van der Waals surface area contributed by atoms with Crippen LogP contribution in [0, 0.1) is 5.82 Å². The van der Waals surface area contributed by atoms with Crippen molar-refractivity contribution >= 4 is 23.3 Å². The highest BCUT2D eigenvalue weighted by atomic mass is 35.5. The van der Waals surface area contributed by atoms with Gasteiger partial charge in [-0.15, -0.1) is 0 Å². The molecule has 1 aliphatic rings. The van der Waals surface area contributed by atoms with Crippen LogP contribution in [0.15, 0.2) is 30.5 Å². The maximum absolute atomic E-state index is 15.5. The second kappa shape index (κ2) is 9.20. The summed E-state index contributed by atoms with van der Waals surface area (Å²) in [4.78, 5) is 17.8. The standard InChI is InChI=1S/C20H21ClF3N3O3/c21-15-7-13(17(29)11-28)10-25-18(15)20(24)3-5-27(6-4-20)19(30)26-14-2-1-12(9-22)16(23)8-14/h1-2,7-8,10,17,28-29H,3-6,9,11H2,(H,26,30)/t17-/m1/s1. The lowest BCUT2D eigenvalue weighted by molar-refractivity contribution is 0.0679. The van der Waals surface area contributed by atoms with Crippen molar-refractivity contribution in [1.29, 1.82) is 0 Å². The van der Waals surface area contributed by atoms with E-state index < -0.39 is 36.9 Å². The minimum Gasteiger partial charge on any atom is -0.393 e. The fourth-order valence-corrected chi connectivity index (χ4v) is 3.65. The Labute approximate surface area is 176 Å². The number of alkyl halides is 2. The molecule has 0 radical (unpaired) electrons. The number of piperidine rings is 1. The number of likely N-dealkylation sites (tertiary alicyclic amines) is 1. The molecule has 2 amide bonds. The number of aliphatic hydroxyl groups excluding tert-OH is 2. The van der Waals surface area contributed by atoms with E-state index in [0.717, 1.165) is 6.07 Å². The number of hydrogen-bond donors (Lipinski definition) is 3. The smallest absolute Gasteiger partial charge is 0.321 e. The molecule has 0 unspecified atom stereocenters. The van der Waals surface area contributed by atoms with Crippen LogP contribution in [0.2, 0.25) is 5.02 Å². The average molecular weight is 444 g/mol. The SMILES string of the molecule is O=C(Nc1ccc(CF)c(F)c1)N1CCC(F)(c2ncc([C@H](O)CO)cc2Cl)CC1. The highest BCUT2D eigenvalue weighted by Gasteiger charge is 2.40. The summed E-state index contributed by atoms with van der Waals surface area (Å²) in [7, 11) is 0. The number of halogens is 4. The topological polar surface area (TPSA) is 85.7 Å². The first-order chi connectivity index (χ1) is 14.3. The Hall–Kier alpha value is -2.36. The third-order valence-electron chi connectivity index (χ3n) is 5.14. The van der Waals surface area contributed by atoms with Crippen molar-refractivity contribution in [3.63, 3.8) is 0 Å². The number of rotatable bonds is 5. The van der Waals surface area contributed by atoms with E-state index in [1.807, 2.05) is 0 Å². The molecule has 30 heavy (non-hydrogen) atoms. The number of amides is 2. The molecule has 2 aromatic rings. The minimum atomic E-state index is -1.86. The first-order valence-electron chi connectivity index (χ1n) is 9.31. The van der Waals surface area contributed by atoms with Gasteiger partial charge in [-0.25, -0.2) is 18.0 Å². The lowest BCUT2D eigenvalue weighted by Crippen LogP contribution is -2.45. The summed E-state index contributed by atoms with van der Waals surface area (Å²) in [5.74, 6) is -0.757. The Kier molecular flexibility index (Phi) is 6.84. The van der Waals surface area contributed by atoms with E-state index in [0.29, 0.717) is 0 Å². The highest BCUT2D eigenvalue weighted by Crippen LogP contribution is 2.40. The van der Waals surface area contributed by atoms with E-state index in [4.69, 9.17) is 16.7 Å². The van der Waals surface area contributed by atoms with Gasteiger partial charge in [-0.3, -0.25) is 4.98 Å². The van der Waals surface area contributed by atoms with Crippen molar-refractivity contribution in [2.75, 3.05) is 25.0 Å². The number of aliphatic hydroxyl groups is 2. The monoisotopic (exact) mass is 443 g/mol. The summed E-state index contributed by atoms with van der Waals surface area (Å²) >= 11 is 6.15. The molecular formula is C20H21ClF3N3O3. The molecule has 1 aliphatic heterocycles. The molecule has 162 valence electrons. The molecule has 1 atom stereocenters. The normalized spacial score (nSPS) is 16.9. The van der Waals surface area contributed by atoms with Crippen LogP contribution in [0.1, 0.15) is 35.8 Å². The summed E-state index contributed by atoms with van der Waals surface area (Å²) in [6.45, 7) is -1.30. The van der Waals surface area contributed by atoms with Crippen LogP contribution in [0.3, 0.4) is 0 Å². The van der Waals surface area contributed by atoms with Gasteiger partial charge in [0.1, 0.15) is 18.6 Å². The van der Waals surface area contributed by atoms with Gasteiger partial charge >= 0.3 is 6.03 Å². The minimum absolute atomic E-state index is 0.0157. The molecule has 0 spiro atoms. The second-order valence-corrected chi connectivity index (χ2v) is 7.53. The number of pyridine rings is 1. The zero-order chi connectivity index (χ0) is 21.9. The maximum Gasteiger partial charge on any atom is 0.321 e. The number of anilines is 1. The van der Waals surface area contributed by atoms with Gasteiger partial charge in [-0.1, -0.05) is 17.7 Å². The highest BCUT2D eigenvalue weighted by molar-refractivity contribution is 6.31. The van der Waals surface area contributed by atoms with Crippen molar-refractivity contribution in [2.24, 2.45) is 0 Å². The largest absolute Gasteiger partial charge is 0.393 e. The molecule has 6 nitrogen and oxygen atoms in total. The maximum atomic E-state index is 15.5. The Morgan fingerprint density at radius 3 is 2.60 bits per heavy atom. The van der Waals surface area contributed by atoms with Gasteiger partial charge in [0.25, 0.3) is 0 Å². The van der Waals surface area contributed by atoms with E-state index in [-0.39, 0.29) is 53.5 Å². The summed E-state index contributed by atoms with van der Waals surface area (Å²) in [5.41, 5.74) is -1.49. The molecule has 1 saturated heterocycles. The molecule has 0 aliphatic carbocycles. The molecule has 1 aromatic heterocycles. The van der Waals surface area contributed by atoms with Crippen LogP contribution in [0.5, 0.6) is 0 Å². The van der Waals surface area contributed by atoms with E-state index in [1.54, 1.807) is 0 Å². The molecule has 3 N–H and O–H groups in total. The van der Waals surface area contributed by atoms with Crippen LogP contribution in [-0.4, -0.2) is 45.8 Å². The summed E-state index contributed by atoms with van der Waals surface area (Å²) in [5, 5.41) is 21.2. The Bertz CT molecular complexity index is 923. The van der Waals surface area contributed by atoms with Crippen molar-refractivity contribution in [1.82, 2.24) is 9.88 Å². The summed E-state index contributed by atoms with van der Waals surface area (Å²) < 4.78 is 41.7. The van der Waals surface area contributed by atoms with Gasteiger partial charge in [-0.05, 0) is 18.2 Å². The molecule has 0 bridgehead atoms. The number of benzene rings is 1. The molecular weight excluding hydrogens is 423 g/mol. The number of carbonyl (C=O) groups excluding carboxylic acids is 1. The van der Waals surface area contributed by atoms with E-state index in [1.165, 1.54) is 29.3 Å². The predicted octanol–water partition coefficient (Wildman–Crippen LogP) is 3.86. The number of urea groups is 1. The Morgan fingerprint density at radius 2 is 2.03 bits per heavy atom. The van der Waals surface area contributed by atoms with Crippen LogP contribution in [-0.2, 0) is 12.3 Å². The molecule has 1 fully saturated rings. The summed E-state index contributed by atoms with van der Waals surface area (Å²) in [6, 6.07) is 4.51. The first kappa shape index (κ1) is 22.3. The van der Waals surface area contributed by atoms with Gasteiger partial charge in [0, 0.05) is 48.9 Å². The lowest BCUT2D eigenvalue weighted by Gasteiger charge is -2.36. The Morgan fingerprint density at radius 1 is 1.33 bits per heavy atom. The molecule has 10 heteroatoms. The number of hydrogen-bond acceptors (Lipinski definition) is 4. The quantitative estimate of drug-likeness (QED) is 0.655. The number of aromatic nitrogens is 1. The van der Waals surface area contributed by atoms with Gasteiger partial charge in [-0.2, -0.15) is 0 Å². The molecule has 1 aromatic carbocycles. The van der Waals surface area contributed by atoms with E-state index in [9.17, 15) is 18.7 Å². The number of carbonyl (C=O) groups is 1. The zero-order valence-corrected chi connectivity index (χ0v) is 16.7. The third kappa shape index (κ3) is 4.69. The fraction of sp³-hybridized carbons (Fsp3) is 0.400. The predicted molar refractivity (Wildman–Crippen MR) is 105 cm³/mol. The van der Waals surface area contributed by atoms with E-state index in [2.05, 4.69) is 10.3 Å². The van der Waals surface area contributed by atoms with Gasteiger partial charge < -0.3 is 20.4 Å². The molecule has 2 heterocycles. The average Bonchev–Trinajstić information content (AvgIpc) is 2.73. The van der Waals surface area contributed by atoms with Crippen LogP contribution < -0.4 is 5.32 Å².